The molecule has 0 N–H and O–H groups in total. The number of allylic oxidation sites excluding steroid dienone is 2. The molecule has 0 saturated heterocycles. The predicted octanol–water partition coefficient (Wildman–Crippen LogP) is 3.57. The Morgan fingerprint density at radius 2 is 2.23 bits per heavy atom. The van der Waals surface area contributed by atoms with E-state index in [9.17, 15) is 0 Å². The van der Waals surface area contributed by atoms with Gasteiger partial charge >= 0.3 is 0 Å². The van der Waals surface area contributed by atoms with Crippen LogP contribution in [0.3, 0.4) is 0 Å². The molecule has 1 heteroatoms. The van der Waals surface area contributed by atoms with Gasteiger partial charge in [0.05, 0.1) is 11.5 Å². The summed E-state index contributed by atoms with van der Waals surface area (Å²) in [6.45, 7) is 0. The summed E-state index contributed by atoms with van der Waals surface area (Å²) in [5.74, 6) is 0. The second kappa shape index (κ2) is 3.54. The monoisotopic (exact) mass is 175 g/mol. The molecule has 0 aromatic rings. The summed E-state index contributed by atoms with van der Waals surface area (Å²) in [6, 6.07) is 2.46. The predicted molar refractivity (Wildman–Crippen MR) is 53.1 cm³/mol. The lowest BCUT2D eigenvalue weighted by Crippen LogP contribution is -1.99. The maximum absolute atomic E-state index is 8.92. The van der Waals surface area contributed by atoms with Gasteiger partial charge in [-0.25, -0.2) is 0 Å². The highest BCUT2D eigenvalue weighted by Crippen LogP contribution is 2.49. The Labute approximate surface area is 80.4 Å². The zero-order valence-corrected chi connectivity index (χ0v) is 8.18. The fourth-order valence-electron chi connectivity index (χ4n) is 2.10. The van der Waals surface area contributed by atoms with Gasteiger partial charge < -0.3 is 0 Å². The van der Waals surface area contributed by atoms with Crippen LogP contribution in [0.25, 0.3) is 0 Å². The molecule has 1 nitrogen and oxygen atoms in total. The topological polar surface area (TPSA) is 23.8 Å². The zero-order chi connectivity index (χ0) is 9.15. The van der Waals surface area contributed by atoms with Crippen molar-refractivity contribution in [3.05, 3.63) is 11.6 Å². The third kappa shape index (κ3) is 2.12. The van der Waals surface area contributed by atoms with Gasteiger partial charge in [0.2, 0.25) is 0 Å². The quantitative estimate of drug-likeness (QED) is 0.601. The van der Waals surface area contributed by atoms with Crippen molar-refractivity contribution in [1.82, 2.24) is 0 Å². The normalized spacial score (nSPS) is 24.7. The van der Waals surface area contributed by atoms with Gasteiger partial charge in [-0.3, -0.25) is 0 Å². The minimum absolute atomic E-state index is 0.109. The molecule has 0 heterocycles. The Morgan fingerprint density at radius 1 is 1.38 bits per heavy atom. The first-order valence-electron chi connectivity index (χ1n) is 5.44. The molecule has 2 aliphatic carbocycles. The zero-order valence-electron chi connectivity index (χ0n) is 8.18. The Bertz CT molecular complexity index is 253. The molecule has 0 atom stereocenters. The van der Waals surface area contributed by atoms with Crippen molar-refractivity contribution in [3.8, 4) is 6.07 Å². The van der Waals surface area contributed by atoms with E-state index in [-0.39, 0.29) is 5.41 Å². The van der Waals surface area contributed by atoms with Gasteiger partial charge in [-0.15, -0.1) is 0 Å². The first-order valence-corrected chi connectivity index (χ1v) is 5.44. The number of nitrogens with zero attached hydrogens (tertiary/aromatic N) is 1. The largest absolute Gasteiger partial charge is 0.198 e. The van der Waals surface area contributed by atoms with Crippen molar-refractivity contribution in [2.45, 2.75) is 51.4 Å². The Morgan fingerprint density at radius 3 is 2.77 bits per heavy atom. The second-order valence-corrected chi connectivity index (χ2v) is 4.50. The minimum atomic E-state index is 0.109. The summed E-state index contributed by atoms with van der Waals surface area (Å²) in [5, 5.41) is 8.92. The minimum Gasteiger partial charge on any atom is -0.198 e. The molecule has 1 saturated carbocycles. The molecule has 0 radical (unpaired) electrons. The van der Waals surface area contributed by atoms with Crippen LogP contribution in [0.2, 0.25) is 0 Å². The number of nitriles is 1. The summed E-state index contributed by atoms with van der Waals surface area (Å²) in [5.41, 5.74) is 1.73. The molecule has 0 aromatic heterocycles. The van der Waals surface area contributed by atoms with Crippen LogP contribution >= 0.6 is 0 Å². The fourth-order valence-corrected chi connectivity index (χ4v) is 2.10. The summed E-state index contributed by atoms with van der Waals surface area (Å²) >= 11 is 0. The lowest BCUT2D eigenvalue weighted by Gasteiger charge is -2.13. The van der Waals surface area contributed by atoms with Crippen molar-refractivity contribution < 1.29 is 0 Å². The molecular formula is C12H17N. The van der Waals surface area contributed by atoms with Crippen molar-refractivity contribution >= 4 is 0 Å². The van der Waals surface area contributed by atoms with E-state index in [4.69, 9.17) is 5.26 Å². The maximum atomic E-state index is 8.92. The first-order chi connectivity index (χ1) is 6.35. The Balaban J connectivity index is 1.79. The molecule has 2 aliphatic rings. The van der Waals surface area contributed by atoms with E-state index >= 15 is 0 Å². The summed E-state index contributed by atoms with van der Waals surface area (Å²) < 4.78 is 0. The van der Waals surface area contributed by atoms with Crippen LogP contribution in [0.1, 0.15) is 51.4 Å². The first kappa shape index (κ1) is 8.81. The van der Waals surface area contributed by atoms with Crippen LogP contribution in [0.4, 0.5) is 0 Å². The van der Waals surface area contributed by atoms with Crippen LogP contribution < -0.4 is 0 Å². The van der Waals surface area contributed by atoms with Gasteiger partial charge in [0.1, 0.15) is 0 Å². The van der Waals surface area contributed by atoms with E-state index in [1.165, 1.54) is 32.1 Å². The van der Waals surface area contributed by atoms with E-state index in [1.54, 1.807) is 5.57 Å². The summed E-state index contributed by atoms with van der Waals surface area (Å²) in [4.78, 5) is 0. The molecule has 0 amide bonds. The second-order valence-electron chi connectivity index (χ2n) is 4.50. The van der Waals surface area contributed by atoms with Gasteiger partial charge in [-0.2, -0.15) is 5.26 Å². The standard InChI is InChI=1S/C12H17N/c13-10-12(8-9-12)7-6-11-4-2-1-3-5-11/h4H,1-3,5-9H2. The molecular weight excluding hydrogens is 158 g/mol. The van der Waals surface area contributed by atoms with Gasteiger partial charge in [-0.05, 0) is 51.4 Å². The summed E-state index contributed by atoms with van der Waals surface area (Å²) in [6.07, 6.45) is 12.3. The molecule has 0 aromatic carbocycles. The van der Waals surface area contributed by atoms with E-state index in [0.717, 1.165) is 19.3 Å². The van der Waals surface area contributed by atoms with Crippen molar-refractivity contribution in [1.29, 1.82) is 5.26 Å². The Hall–Kier alpha value is -0.770. The highest BCUT2D eigenvalue weighted by molar-refractivity contribution is 5.13. The van der Waals surface area contributed by atoms with Crippen molar-refractivity contribution in [2.75, 3.05) is 0 Å². The van der Waals surface area contributed by atoms with Gasteiger partial charge in [0.25, 0.3) is 0 Å². The third-order valence-electron chi connectivity index (χ3n) is 3.40. The molecule has 70 valence electrons. The van der Waals surface area contributed by atoms with E-state index in [2.05, 4.69) is 12.1 Å². The SMILES string of the molecule is N#CC1(CCC2=CCCCC2)CC1. The van der Waals surface area contributed by atoms with E-state index < -0.39 is 0 Å². The third-order valence-corrected chi connectivity index (χ3v) is 3.40. The lowest BCUT2D eigenvalue weighted by atomic mass is 9.92. The molecule has 0 spiro atoms. The van der Waals surface area contributed by atoms with E-state index in [1.807, 2.05) is 0 Å². The highest BCUT2D eigenvalue weighted by atomic mass is 14.5. The van der Waals surface area contributed by atoms with Crippen molar-refractivity contribution in [2.24, 2.45) is 5.41 Å². The van der Waals surface area contributed by atoms with Crippen LogP contribution in [0.5, 0.6) is 0 Å². The van der Waals surface area contributed by atoms with Gasteiger partial charge in [0, 0.05) is 0 Å². The fraction of sp³-hybridized carbons (Fsp3) is 0.750. The number of hydrogen-bond donors (Lipinski definition) is 0. The summed E-state index contributed by atoms with van der Waals surface area (Å²) in [7, 11) is 0. The molecule has 13 heavy (non-hydrogen) atoms. The van der Waals surface area contributed by atoms with Gasteiger partial charge in [0.15, 0.2) is 0 Å². The lowest BCUT2D eigenvalue weighted by molar-refractivity contribution is 0.569. The number of rotatable bonds is 3. The average molecular weight is 175 g/mol. The van der Waals surface area contributed by atoms with E-state index in [0.29, 0.717) is 0 Å². The van der Waals surface area contributed by atoms with Crippen molar-refractivity contribution in [3.63, 3.8) is 0 Å². The molecule has 1 fully saturated rings. The average Bonchev–Trinajstić information content (AvgIpc) is 2.97. The van der Waals surface area contributed by atoms with Crippen LogP contribution in [-0.4, -0.2) is 0 Å². The highest BCUT2D eigenvalue weighted by Gasteiger charge is 2.42. The molecule has 0 bridgehead atoms. The number of hydrogen-bond acceptors (Lipinski definition) is 1. The smallest absolute Gasteiger partial charge is 0.0689 e. The van der Waals surface area contributed by atoms with Crippen LogP contribution in [-0.2, 0) is 0 Å². The molecule has 0 aliphatic heterocycles. The maximum Gasteiger partial charge on any atom is 0.0689 e. The molecule has 0 unspecified atom stereocenters. The van der Waals surface area contributed by atoms with Crippen LogP contribution in [0, 0.1) is 16.7 Å². The van der Waals surface area contributed by atoms with Crippen LogP contribution in [0.15, 0.2) is 11.6 Å². The molecule has 2 rings (SSSR count). The van der Waals surface area contributed by atoms with Gasteiger partial charge in [-0.1, -0.05) is 11.6 Å². The Kier molecular flexibility index (Phi) is 2.40.